The molecule has 3 N–H and O–H groups in total. The minimum Gasteiger partial charge on any atom is -0.497 e. The number of benzene rings is 2. The molecule has 2 aromatic rings. The first-order valence-corrected chi connectivity index (χ1v) is 6.60. The summed E-state index contributed by atoms with van der Waals surface area (Å²) in [5, 5.41) is 0. The van der Waals surface area contributed by atoms with Gasteiger partial charge >= 0.3 is 0 Å². The molecule has 2 rings (SSSR count). The number of halogens is 3. The van der Waals surface area contributed by atoms with Crippen molar-refractivity contribution in [3.63, 3.8) is 0 Å². The third-order valence-electron chi connectivity index (χ3n) is 2.90. The molecule has 6 heteroatoms. The first kappa shape index (κ1) is 14.9. The summed E-state index contributed by atoms with van der Waals surface area (Å²) in [4.78, 5) is 0. The standard InChI is InChI=1S/C14H13BrF2N2O/c1-20-11-2-3-13(15)12(7-11)14(19-18)8-4-9(16)6-10(17)5-8/h2-7,14,19H,18H2,1H3. The molecule has 1 atom stereocenters. The van der Waals surface area contributed by atoms with Crippen molar-refractivity contribution >= 4 is 15.9 Å². The summed E-state index contributed by atoms with van der Waals surface area (Å²) in [5.41, 5.74) is 3.67. The second kappa shape index (κ2) is 6.30. The minimum atomic E-state index is -0.653. The van der Waals surface area contributed by atoms with Gasteiger partial charge in [-0.15, -0.1) is 0 Å². The van der Waals surface area contributed by atoms with Gasteiger partial charge in [-0.05, 0) is 41.5 Å². The van der Waals surface area contributed by atoms with E-state index < -0.39 is 17.7 Å². The number of ether oxygens (including phenoxy) is 1. The molecule has 0 aliphatic carbocycles. The lowest BCUT2D eigenvalue weighted by atomic mass is 9.99. The predicted octanol–water partition coefficient (Wildman–Crippen LogP) is 3.29. The van der Waals surface area contributed by atoms with Crippen molar-refractivity contribution in [1.82, 2.24) is 5.43 Å². The number of nitrogens with one attached hydrogen (secondary N) is 1. The van der Waals surface area contributed by atoms with Crippen LogP contribution in [-0.4, -0.2) is 7.11 Å². The highest BCUT2D eigenvalue weighted by atomic mass is 79.9. The zero-order valence-corrected chi connectivity index (χ0v) is 12.2. The number of hydrazine groups is 1. The summed E-state index contributed by atoms with van der Waals surface area (Å²) in [7, 11) is 1.54. The van der Waals surface area contributed by atoms with Crippen LogP contribution in [-0.2, 0) is 0 Å². The van der Waals surface area contributed by atoms with Gasteiger partial charge in [0.1, 0.15) is 17.4 Å². The second-order valence-corrected chi connectivity index (χ2v) is 5.04. The minimum absolute atomic E-state index is 0.388. The molecule has 0 saturated carbocycles. The Kier molecular flexibility index (Phi) is 4.69. The molecular formula is C14H13BrF2N2O. The van der Waals surface area contributed by atoms with Gasteiger partial charge in [0.25, 0.3) is 0 Å². The van der Waals surface area contributed by atoms with Crippen LogP contribution in [0.1, 0.15) is 17.2 Å². The Hall–Kier alpha value is -1.50. The van der Waals surface area contributed by atoms with Gasteiger partial charge in [0, 0.05) is 10.5 Å². The van der Waals surface area contributed by atoms with Crippen molar-refractivity contribution in [1.29, 1.82) is 0 Å². The van der Waals surface area contributed by atoms with E-state index in [1.54, 1.807) is 25.3 Å². The summed E-state index contributed by atoms with van der Waals surface area (Å²) in [6, 6.07) is 8.03. The fraction of sp³-hybridized carbons (Fsp3) is 0.143. The number of rotatable bonds is 4. The van der Waals surface area contributed by atoms with Gasteiger partial charge in [-0.2, -0.15) is 0 Å². The second-order valence-electron chi connectivity index (χ2n) is 4.19. The van der Waals surface area contributed by atoms with Crippen LogP contribution in [0.4, 0.5) is 8.78 Å². The van der Waals surface area contributed by atoms with E-state index in [0.717, 1.165) is 16.1 Å². The van der Waals surface area contributed by atoms with E-state index >= 15 is 0 Å². The van der Waals surface area contributed by atoms with E-state index in [1.807, 2.05) is 0 Å². The third kappa shape index (κ3) is 3.15. The van der Waals surface area contributed by atoms with Crippen LogP contribution < -0.4 is 16.0 Å². The molecule has 0 amide bonds. The Balaban J connectivity index is 2.51. The molecule has 0 radical (unpaired) electrons. The van der Waals surface area contributed by atoms with Crippen molar-refractivity contribution in [2.24, 2.45) is 5.84 Å². The molecule has 1 unspecified atom stereocenters. The van der Waals surface area contributed by atoms with E-state index in [2.05, 4.69) is 21.4 Å². The molecule has 3 nitrogen and oxygen atoms in total. The van der Waals surface area contributed by atoms with Gasteiger partial charge in [-0.3, -0.25) is 5.84 Å². The molecule has 0 bridgehead atoms. The lowest BCUT2D eigenvalue weighted by molar-refractivity contribution is 0.413. The SMILES string of the molecule is COc1ccc(Br)c(C(NN)c2cc(F)cc(F)c2)c1. The Morgan fingerprint density at radius 2 is 1.80 bits per heavy atom. The highest BCUT2D eigenvalue weighted by Gasteiger charge is 2.18. The van der Waals surface area contributed by atoms with Crippen LogP contribution in [0, 0.1) is 11.6 Å². The first-order valence-electron chi connectivity index (χ1n) is 5.80. The van der Waals surface area contributed by atoms with Crippen LogP contribution >= 0.6 is 15.9 Å². The molecule has 2 aromatic carbocycles. The van der Waals surface area contributed by atoms with E-state index in [-0.39, 0.29) is 0 Å². The molecule has 20 heavy (non-hydrogen) atoms. The van der Waals surface area contributed by atoms with Crippen molar-refractivity contribution in [3.05, 3.63) is 63.6 Å². The zero-order valence-electron chi connectivity index (χ0n) is 10.7. The number of methoxy groups -OCH3 is 1. The third-order valence-corrected chi connectivity index (χ3v) is 3.62. The smallest absolute Gasteiger partial charge is 0.126 e. The van der Waals surface area contributed by atoms with E-state index in [9.17, 15) is 8.78 Å². The first-order chi connectivity index (χ1) is 9.55. The molecule has 0 aliphatic heterocycles. The largest absolute Gasteiger partial charge is 0.497 e. The highest BCUT2D eigenvalue weighted by molar-refractivity contribution is 9.10. The van der Waals surface area contributed by atoms with Crippen LogP contribution in [0.3, 0.4) is 0 Å². The summed E-state index contributed by atoms with van der Waals surface area (Å²) in [6.45, 7) is 0. The molecule has 0 saturated heterocycles. The molecule has 0 fully saturated rings. The Morgan fingerprint density at radius 1 is 1.15 bits per heavy atom. The maximum absolute atomic E-state index is 13.3. The predicted molar refractivity (Wildman–Crippen MR) is 76.2 cm³/mol. The topological polar surface area (TPSA) is 47.3 Å². The fourth-order valence-corrected chi connectivity index (χ4v) is 2.45. The van der Waals surface area contributed by atoms with Crippen LogP contribution in [0.5, 0.6) is 5.75 Å². The van der Waals surface area contributed by atoms with Crippen molar-refractivity contribution < 1.29 is 13.5 Å². The van der Waals surface area contributed by atoms with Crippen LogP contribution in [0.25, 0.3) is 0 Å². The van der Waals surface area contributed by atoms with Gasteiger partial charge in [0.15, 0.2) is 0 Å². The maximum Gasteiger partial charge on any atom is 0.126 e. The summed E-state index contributed by atoms with van der Waals surface area (Å²) < 4.78 is 32.6. The lowest BCUT2D eigenvalue weighted by Crippen LogP contribution is -2.29. The number of nitrogens with two attached hydrogens (primary N) is 1. The Labute approximate surface area is 123 Å². The van der Waals surface area contributed by atoms with Crippen LogP contribution in [0.15, 0.2) is 40.9 Å². The van der Waals surface area contributed by atoms with Gasteiger partial charge in [-0.1, -0.05) is 15.9 Å². The molecule has 0 spiro atoms. The zero-order chi connectivity index (χ0) is 14.7. The van der Waals surface area contributed by atoms with E-state index in [4.69, 9.17) is 10.6 Å². The molecule has 0 aliphatic rings. The summed E-state index contributed by atoms with van der Waals surface area (Å²) >= 11 is 3.40. The van der Waals surface area contributed by atoms with Gasteiger partial charge in [0.2, 0.25) is 0 Å². The summed E-state index contributed by atoms with van der Waals surface area (Å²) in [6.07, 6.45) is 0. The fourth-order valence-electron chi connectivity index (χ4n) is 1.98. The Morgan fingerprint density at radius 3 is 2.35 bits per heavy atom. The molecular weight excluding hydrogens is 330 g/mol. The molecule has 106 valence electrons. The van der Waals surface area contributed by atoms with Crippen molar-refractivity contribution in [2.45, 2.75) is 6.04 Å². The lowest BCUT2D eigenvalue weighted by Gasteiger charge is -2.19. The number of hydrogen-bond acceptors (Lipinski definition) is 3. The monoisotopic (exact) mass is 342 g/mol. The quantitative estimate of drug-likeness (QED) is 0.662. The molecule has 0 heterocycles. The number of hydrogen-bond donors (Lipinski definition) is 2. The normalized spacial score (nSPS) is 12.2. The maximum atomic E-state index is 13.3. The summed E-state index contributed by atoms with van der Waals surface area (Å²) in [5.74, 6) is 4.86. The average Bonchev–Trinajstić information content (AvgIpc) is 2.40. The van der Waals surface area contributed by atoms with Crippen LogP contribution in [0.2, 0.25) is 0 Å². The van der Waals surface area contributed by atoms with Crippen molar-refractivity contribution in [3.8, 4) is 5.75 Å². The van der Waals surface area contributed by atoms with E-state index in [0.29, 0.717) is 11.3 Å². The van der Waals surface area contributed by atoms with E-state index in [1.165, 1.54) is 12.1 Å². The van der Waals surface area contributed by atoms with Crippen molar-refractivity contribution in [2.75, 3.05) is 7.11 Å². The molecule has 0 aromatic heterocycles. The highest BCUT2D eigenvalue weighted by Crippen LogP contribution is 2.31. The average molecular weight is 343 g/mol. The van der Waals surface area contributed by atoms with Gasteiger partial charge < -0.3 is 4.74 Å². The Bertz CT molecular complexity index is 602. The van der Waals surface area contributed by atoms with Gasteiger partial charge in [0.05, 0.1) is 13.2 Å². The van der Waals surface area contributed by atoms with Gasteiger partial charge in [-0.25, -0.2) is 14.2 Å².